The minimum Gasteiger partial charge on any atom is -0.393 e. The third-order valence-electron chi connectivity index (χ3n) is 6.72. The molecule has 2 heterocycles. The maximum absolute atomic E-state index is 9.87. The van der Waals surface area contributed by atoms with Crippen molar-refractivity contribution in [1.82, 2.24) is 29.8 Å². The molecule has 2 aromatic carbocycles. The predicted molar refractivity (Wildman–Crippen MR) is 131 cm³/mol. The number of benzene rings is 2. The third kappa shape index (κ3) is 4.74. The van der Waals surface area contributed by atoms with Gasteiger partial charge in [0, 0.05) is 30.9 Å². The number of aryl methyl sites for hydroxylation is 1. The molecule has 2 aromatic heterocycles. The van der Waals surface area contributed by atoms with Gasteiger partial charge < -0.3 is 14.8 Å². The molecule has 5 rings (SSSR count). The Balaban J connectivity index is 1.23. The summed E-state index contributed by atoms with van der Waals surface area (Å²) in [6.45, 7) is 1.48. The monoisotopic (exact) mass is 468 g/mol. The normalized spacial score (nSPS) is 18.9. The molecule has 2 N–H and O–H groups in total. The zero-order chi connectivity index (χ0) is 24.4. The van der Waals surface area contributed by atoms with E-state index >= 15 is 0 Å². The first-order chi connectivity index (χ1) is 17.0. The fourth-order valence-electron chi connectivity index (χ4n) is 4.66. The number of tetrazole rings is 1. The molecule has 4 aromatic rings. The summed E-state index contributed by atoms with van der Waals surface area (Å²) >= 11 is 0. The Hall–Kier alpha value is -3.80. The van der Waals surface area contributed by atoms with Crippen molar-refractivity contribution in [3.63, 3.8) is 0 Å². The first kappa shape index (κ1) is 23.0. The van der Waals surface area contributed by atoms with Gasteiger partial charge in [-0.15, -0.1) is 5.10 Å². The molecule has 0 aliphatic heterocycles. The maximum atomic E-state index is 9.87. The molecule has 178 valence electrons. The highest BCUT2D eigenvalue weighted by molar-refractivity contribution is 5.64. The van der Waals surface area contributed by atoms with E-state index in [9.17, 15) is 10.2 Å². The third-order valence-corrected chi connectivity index (χ3v) is 6.72. The van der Waals surface area contributed by atoms with Crippen molar-refractivity contribution in [2.45, 2.75) is 43.7 Å². The van der Waals surface area contributed by atoms with E-state index in [4.69, 9.17) is 0 Å². The second-order valence-electron chi connectivity index (χ2n) is 9.06. The van der Waals surface area contributed by atoms with E-state index in [2.05, 4.69) is 68.7 Å². The summed E-state index contributed by atoms with van der Waals surface area (Å²) in [4.78, 5) is 4.15. The lowest BCUT2D eigenvalue weighted by molar-refractivity contribution is 0.176. The SMILES string of the molecule is C[C@H](O)c1nccn1[C@@H](C#Cc1ccc(-c2ccc(C3CC(c4nnnn4C)C3)cc2)cc1)CO. The molecule has 0 amide bonds. The smallest absolute Gasteiger partial charge is 0.154 e. The molecule has 0 unspecified atom stereocenters. The Bertz CT molecular complexity index is 1340. The zero-order valence-corrected chi connectivity index (χ0v) is 19.8. The molecule has 1 saturated carbocycles. The summed E-state index contributed by atoms with van der Waals surface area (Å²) in [5, 5.41) is 31.5. The molecule has 1 fully saturated rings. The van der Waals surface area contributed by atoms with Crippen molar-refractivity contribution in [1.29, 1.82) is 0 Å². The van der Waals surface area contributed by atoms with Crippen molar-refractivity contribution >= 4 is 0 Å². The van der Waals surface area contributed by atoms with Crippen LogP contribution in [0.15, 0.2) is 60.9 Å². The van der Waals surface area contributed by atoms with E-state index < -0.39 is 12.1 Å². The Morgan fingerprint density at radius 3 is 2.31 bits per heavy atom. The molecule has 1 aliphatic carbocycles. The van der Waals surface area contributed by atoms with Crippen LogP contribution in [0.1, 0.15) is 66.5 Å². The molecule has 0 saturated heterocycles. The summed E-state index contributed by atoms with van der Waals surface area (Å²) in [7, 11) is 1.90. The predicted octanol–water partition coefficient (Wildman–Crippen LogP) is 3.37. The summed E-state index contributed by atoms with van der Waals surface area (Å²) in [5.74, 6) is 8.67. The molecule has 8 nitrogen and oxygen atoms in total. The van der Waals surface area contributed by atoms with Gasteiger partial charge >= 0.3 is 0 Å². The van der Waals surface area contributed by atoms with Crippen molar-refractivity contribution < 1.29 is 10.2 Å². The highest BCUT2D eigenvalue weighted by Crippen LogP contribution is 2.46. The van der Waals surface area contributed by atoms with Gasteiger partial charge in [-0.1, -0.05) is 48.2 Å². The van der Waals surface area contributed by atoms with Crippen molar-refractivity contribution in [3.8, 4) is 23.0 Å². The molecular weight excluding hydrogens is 440 g/mol. The second kappa shape index (κ2) is 9.82. The summed E-state index contributed by atoms with van der Waals surface area (Å²) in [6.07, 6.45) is 4.75. The lowest BCUT2D eigenvalue weighted by Gasteiger charge is -2.34. The Morgan fingerprint density at radius 2 is 1.71 bits per heavy atom. The Morgan fingerprint density at radius 1 is 1.03 bits per heavy atom. The molecule has 0 radical (unpaired) electrons. The van der Waals surface area contributed by atoms with Crippen LogP contribution in [0, 0.1) is 11.8 Å². The highest BCUT2D eigenvalue weighted by Gasteiger charge is 2.34. The van der Waals surface area contributed by atoms with Gasteiger partial charge in [-0.2, -0.15) is 0 Å². The minimum absolute atomic E-state index is 0.162. The van der Waals surface area contributed by atoms with Crippen LogP contribution in [-0.2, 0) is 7.05 Å². The molecule has 35 heavy (non-hydrogen) atoms. The van der Waals surface area contributed by atoms with Gasteiger partial charge in [0.2, 0.25) is 0 Å². The molecule has 0 bridgehead atoms. The van der Waals surface area contributed by atoms with Gasteiger partial charge in [0.15, 0.2) is 5.82 Å². The summed E-state index contributed by atoms with van der Waals surface area (Å²) in [6, 6.07) is 16.4. The molecule has 8 heteroatoms. The second-order valence-corrected chi connectivity index (χ2v) is 9.06. The van der Waals surface area contributed by atoms with Crippen LogP contribution in [0.2, 0.25) is 0 Å². The van der Waals surface area contributed by atoms with Gasteiger partial charge in [0.1, 0.15) is 18.0 Å². The highest BCUT2D eigenvalue weighted by atomic mass is 16.3. The summed E-state index contributed by atoms with van der Waals surface area (Å²) in [5.41, 5.74) is 4.51. The van der Waals surface area contributed by atoms with Crippen molar-refractivity contribution in [2.75, 3.05) is 6.61 Å². The molecule has 2 atom stereocenters. The van der Waals surface area contributed by atoms with Gasteiger partial charge in [-0.25, -0.2) is 9.67 Å². The quantitative estimate of drug-likeness (QED) is 0.421. The van der Waals surface area contributed by atoms with E-state index in [1.807, 2.05) is 19.2 Å². The van der Waals surface area contributed by atoms with E-state index in [-0.39, 0.29) is 6.61 Å². The summed E-state index contributed by atoms with van der Waals surface area (Å²) < 4.78 is 3.48. The number of rotatable bonds is 6. The maximum Gasteiger partial charge on any atom is 0.154 e. The van der Waals surface area contributed by atoms with Crippen LogP contribution < -0.4 is 0 Å². The number of imidazole rings is 1. The Kier molecular flexibility index (Phi) is 6.45. The lowest BCUT2D eigenvalue weighted by atomic mass is 9.71. The zero-order valence-electron chi connectivity index (χ0n) is 19.8. The van der Waals surface area contributed by atoms with Gasteiger partial charge in [0.25, 0.3) is 0 Å². The molecule has 0 spiro atoms. The van der Waals surface area contributed by atoms with E-state index in [1.54, 1.807) is 28.6 Å². The average molecular weight is 469 g/mol. The first-order valence-corrected chi connectivity index (χ1v) is 11.8. The van der Waals surface area contributed by atoms with Crippen LogP contribution >= 0.6 is 0 Å². The topological polar surface area (TPSA) is 102 Å². The van der Waals surface area contributed by atoms with Crippen molar-refractivity contribution in [3.05, 3.63) is 83.7 Å². The first-order valence-electron chi connectivity index (χ1n) is 11.8. The number of aliphatic hydroxyl groups excluding tert-OH is 2. The Labute approximate surface area is 204 Å². The van der Waals surface area contributed by atoms with Gasteiger partial charge in [-0.05, 0) is 64.9 Å². The fraction of sp³-hybridized carbons (Fsp3) is 0.333. The largest absolute Gasteiger partial charge is 0.393 e. The fourth-order valence-corrected chi connectivity index (χ4v) is 4.66. The number of hydrogen-bond donors (Lipinski definition) is 2. The van der Waals surface area contributed by atoms with Crippen LogP contribution in [0.4, 0.5) is 0 Å². The van der Waals surface area contributed by atoms with Crippen LogP contribution in [0.3, 0.4) is 0 Å². The minimum atomic E-state index is -0.729. The molecular formula is C27H28N6O2. The van der Waals surface area contributed by atoms with E-state index in [0.29, 0.717) is 17.7 Å². The number of aromatic nitrogens is 6. The average Bonchev–Trinajstić information content (AvgIpc) is 3.49. The van der Waals surface area contributed by atoms with E-state index in [0.717, 1.165) is 35.4 Å². The van der Waals surface area contributed by atoms with Gasteiger partial charge in [0.05, 0.1) is 6.61 Å². The number of aliphatic hydroxyl groups is 2. The molecule has 1 aliphatic rings. The van der Waals surface area contributed by atoms with Crippen molar-refractivity contribution in [2.24, 2.45) is 7.05 Å². The van der Waals surface area contributed by atoms with E-state index in [1.165, 1.54) is 5.56 Å². The number of hydrogen-bond acceptors (Lipinski definition) is 6. The standard InChI is InChI=1S/C27H28N6O2/c1-18(35)26-28-13-14-33(26)25(17-34)12-5-19-3-6-20(7-4-19)21-8-10-22(11-9-21)23-15-24(16-23)27-29-30-31-32(27)2/h3-4,6-11,13-14,18,23-25,34-35H,15-17H2,1-2H3/t18-,23?,24?,25-/m0/s1. The van der Waals surface area contributed by atoms with Crippen LogP contribution in [0.5, 0.6) is 0 Å². The number of nitrogens with zero attached hydrogens (tertiary/aromatic N) is 6. The lowest BCUT2D eigenvalue weighted by Crippen LogP contribution is -2.23. The van der Waals surface area contributed by atoms with Crippen LogP contribution in [-0.4, -0.2) is 46.6 Å². The van der Waals surface area contributed by atoms with Gasteiger partial charge in [-0.3, -0.25) is 0 Å². The van der Waals surface area contributed by atoms with Crippen LogP contribution in [0.25, 0.3) is 11.1 Å².